The fourth-order valence-electron chi connectivity index (χ4n) is 2.57. The van der Waals surface area contributed by atoms with Crippen LogP contribution in [0.3, 0.4) is 0 Å². The fraction of sp³-hybridized carbons (Fsp3) is 0.938. The molecule has 2 atom stereocenters. The Morgan fingerprint density at radius 3 is 2.20 bits per heavy atom. The maximum atomic E-state index is 12.7. The van der Waals surface area contributed by atoms with E-state index >= 15 is 0 Å². The maximum Gasteiger partial charge on any atom is 0.241 e. The number of nitrogens with one attached hydrogen (secondary N) is 1. The third-order valence-electron chi connectivity index (χ3n) is 4.43. The standard InChI is InChI=1S/C16H33N3O/c1-11(2)9-13-17-14(12(3)4)15(20)19(13)10-16(5,6)18(7)8/h11-14,17H,9-10H2,1-8H3. The number of hydrogen-bond acceptors (Lipinski definition) is 3. The number of carbonyl (C=O) groups excluding carboxylic acids is 1. The molecule has 0 saturated carbocycles. The highest BCUT2D eigenvalue weighted by Gasteiger charge is 2.42. The molecule has 118 valence electrons. The second-order valence-electron chi connectivity index (χ2n) is 7.71. The number of rotatable bonds is 6. The molecule has 0 radical (unpaired) electrons. The van der Waals surface area contributed by atoms with Crippen molar-refractivity contribution < 1.29 is 4.79 Å². The summed E-state index contributed by atoms with van der Waals surface area (Å²) in [6.45, 7) is 13.8. The summed E-state index contributed by atoms with van der Waals surface area (Å²) >= 11 is 0. The Morgan fingerprint density at radius 2 is 1.80 bits per heavy atom. The third kappa shape index (κ3) is 3.95. The average molecular weight is 283 g/mol. The van der Waals surface area contributed by atoms with Gasteiger partial charge in [-0.2, -0.15) is 0 Å². The molecule has 0 aromatic heterocycles. The molecule has 0 aromatic rings. The van der Waals surface area contributed by atoms with Crippen molar-refractivity contribution in [1.82, 2.24) is 15.1 Å². The monoisotopic (exact) mass is 283 g/mol. The minimum absolute atomic E-state index is 0.0154. The molecule has 4 heteroatoms. The topological polar surface area (TPSA) is 35.6 Å². The van der Waals surface area contributed by atoms with Crippen LogP contribution in [0.2, 0.25) is 0 Å². The molecule has 1 aliphatic rings. The minimum Gasteiger partial charge on any atom is -0.324 e. The summed E-state index contributed by atoms with van der Waals surface area (Å²) in [6.07, 6.45) is 1.19. The zero-order chi connectivity index (χ0) is 15.7. The first-order valence-electron chi connectivity index (χ1n) is 7.80. The summed E-state index contributed by atoms with van der Waals surface area (Å²) < 4.78 is 0. The lowest BCUT2D eigenvalue weighted by atomic mass is 10.0. The Balaban J connectivity index is 2.90. The van der Waals surface area contributed by atoms with Crippen LogP contribution >= 0.6 is 0 Å². The Kier molecular flexibility index (Phi) is 5.61. The Morgan fingerprint density at radius 1 is 1.25 bits per heavy atom. The first-order chi connectivity index (χ1) is 9.06. The van der Waals surface area contributed by atoms with Gasteiger partial charge < -0.3 is 9.80 Å². The van der Waals surface area contributed by atoms with Gasteiger partial charge in [-0.15, -0.1) is 0 Å². The van der Waals surface area contributed by atoms with Gasteiger partial charge in [0.25, 0.3) is 0 Å². The second kappa shape index (κ2) is 6.44. The molecular weight excluding hydrogens is 250 g/mol. The first kappa shape index (κ1) is 17.4. The summed E-state index contributed by atoms with van der Waals surface area (Å²) in [5, 5.41) is 3.54. The fourth-order valence-corrected chi connectivity index (χ4v) is 2.57. The Labute approximate surface area is 124 Å². The molecule has 0 spiro atoms. The molecule has 1 aliphatic heterocycles. The summed E-state index contributed by atoms with van der Waals surface area (Å²) in [5.74, 6) is 1.18. The van der Waals surface area contributed by atoms with Gasteiger partial charge in [0.1, 0.15) is 0 Å². The summed E-state index contributed by atoms with van der Waals surface area (Å²) in [5.41, 5.74) is -0.0154. The lowest BCUT2D eigenvalue weighted by Crippen LogP contribution is -2.52. The average Bonchev–Trinajstić information content (AvgIpc) is 2.56. The highest BCUT2D eigenvalue weighted by Crippen LogP contribution is 2.24. The van der Waals surface area contributed by atoms with Crippen LogP contribution in [0.5, 0.6) is 0 Å². The number of nitrogens with zero attached hydrogens (tertiary/aromatic N) is 2. The normalized spacial score (nSPS) is 24.6. The molecule has 4 nitrogen and oxygen atoms in total. The quantitative estimate of drug-likeness (QED) is 0.811. The Hall–Kier alpha value is -0.610. The first-order valence-corrected chi connectivity index (χ1v) is 7.80. The highest BCUT2D eigenvalue weighted by molar-refractivity contribution is 5.84. The molecule has 20 heavy (non-hydrogen) atoms. The van der Waals surface area contributed by atoms with E-state index in [9.17, 15) is 4.79 Å². The van der Waals surface area contributed by atoms with Gasteiger partial charge in [-0.05, 0) is 46.2 Å². The molecule has 2 unspecified atom stereocenters. The molecule has 1 amide bonds. The van der Waals surface area contributed by atoms with Crippen LogP contribution in [0.4, 0.5) is 0 Å². The van der Waals surface area contributed by atoms with Crippen molar-refractivity contribution in [2.75, 3.05) is 20.6 Å². The van der Waals surface area contributed by atoms with Crippen LogP contribution in [-0.2, 0) is 4.79 Å². The maximum absolute atomic E-state index is 12.7. The van der Waals surface area contributed by atoms with Crippen LogP contribution in [-0.4, -0.2) is 54.1 Å². The van der Waals surface area contributed by atoms with E-state index in [0.29, 0.717) is 11.8 Å². The van der Waals surface area contributed by atoms with Gasteiger partial charge in [0, 0.05) is 12.1 Å². The van der Waals surface area contributed by atoms with Crippen molar-refractivity contribution in [3.8, 4) is 0 Å². The van der Waals surface area contributed by atoms with E-state index in [2.05, 4.69) is 70.8 Å². The van der Waals surface area contributed by atoms with Gasteiger partial charge in [-0.25, -0.2) is 0 Å². The second-order valence-corrected chi connectivity index (χ2v) is 7.71. The van der Waals surface area contributed by atoms with Crippen LogP contribution in [0.15, 0.2) is 0 Å². The van der Waals surface area contributed by atoms with Crippen LogP contribution in [0, 0.1) is 11.8 Å². The van der Waals surface area contributed by atoms with Crippen LogP contribution in [0.1, 0.15) is 48.0 Å². The number of carbonyl (C=O) groups is 1. The zero-order valence-corrected chi connectivity index (χ0v) is 14.5. The smallest absolute Gasteiger partial charge is 0.241 e. The van der Waals surface area contributed by atoms with E-state index in [1.54, 1.807) is 0 Å². The summed E-state index contributed by atoms with van der Waals surface area (Å²) in [7, 11) is 4.15. The predicted octanol–water partition coefficient (Wildman–Crippen LogP) is 2.16. The number of amides is 1. The largest absolute Gasteiger partial charge is 0.324 e. The van der Waals surface area contributed by atoms with Crippen molar-refractivity contribution in [2.24, 2.45) is 11.8 Å². The molecule has 1 fully saturated rings. The van der Waals surface area contributed by atoms with Gasteiger partial charge in [-0.3, -0.25) is 10.1 Å². The van der Waals surface area contributed by atoms with Gasteiger partial charge in [0.05, 0.1) is 12.2 Å². The van der Waals surface area contributed by atoms with E-state index in [0.717, 1.165) is 13.0 Å². The van der Waals surface area contributed by atoms with Crippen molar-refractivity contribution in [2.45, 2.75) is 65.7 Å². The predicted molar refractivity (Wildman–Crippen MR) is 84.5 cm³/mol. The SMILES string of the molecule is CC(C)CC1NC(C(C)C)C(=O)N1CC(C)(C)N(C)C. The lowest BCUT2D eigenvalue weighted by Gasteiger charge is -2.38. The van der Waals surface area contributed by atoms with Crippen LogP contribution in [0.25, 0.3) is 0 Å². The zero-order valence-electron chi connectivity index (χ0n) is 14.5. The van der Waals surface area contributed by atoms with Crippen molar-refractivity contribution in [1.29, 1.82) is 0 Å². The van der Waals surface area contributed by atoms with E-state index in [1.165, 1.54) is 0 Å². The van der Waals surface area contributed by atoms with E-state index in [4.69, 9.17) is 0 Å². The Bertz CT molecular complexity index is 337. The molecule has 0 bridgehead atoms. The van der Waals surface area contributed by atoms with Crippen molar-refractivity contribution in [3.05, 3.63) is 0 Å². The third-order valence-corrected chi connectivity index (χ3v) is 4.43. The van der Waals surface area contributed by atoms with Gasteiger partial charge >= 0.3 is 0 Å². The van der Waals surface area contributed by atoms with E-state index < -0.39 is 0 Å². The number of hydrogen-bond donors (Lipinski definition) is 1. The number of likely N-dealkylation sites (N-methyl/N-ethyl adjacent to an activating group) is 1. The molecule has 1 N–H and O–H groups in total. The molecule has 0 aromatic carbocycles. The molecule has 1 heterocycles. The van der Waals surface area contributed by atoms with Crippen molar-refractivity contribution >= 4 is 5.91 Å². The van der Waals surface area contributed by atoms with Gasteiger partial charge in [-0.1, -0.05) is 27.7 Å². The van der Waals surface area contributed by atoms with Gasteiger partial charge in [0.15, 0.2) is 0 Å². The molecule has 0 aliphatic carbocycles. The minimum atomic E-state index is -0.0308. The van der Waals surface area contributed by atoms with Crippen LogP contribution < -0.4 is 5.32 Å². The molecule has 1 rings (SSSR count). The summed E-state index contributed by atoms with van der Waals surface area (Å²) in [6, 6.07) is -0.0308. The van der Waals surface area contributed by atoms with E-state index in [1.807, 2.05) is 0 Å². The van der Waals surface area contributed by atoms with E-state index in [-0.39, 0.29) is 23.7 Å². The van der Waals surface area contributed by atoms with Gasteiger partial charge in [0.2, 0.25) is 5.91 Å². The molecular formula is C16H33N3O. The van der Waals surface area contributed by atoms with Crippen molar-refractivity contribution in [3.63, 3.8) is 0 Å². The summed E-state index contributed by atoms with van der Waals surface area (Å²) in [4.78, 5) is 16.9. The highest BCUT2D eigenvalue weighted by atomic mass is 16.2. The molecule has 1 saturated heterocycles. The lowest BCUT2D eigenvalue weighted by molar-refractivity contribution is -0.132.